The summed E-state index contributed by atoms with van der Waals surface area (Å²) in [6.45, 7) is 13.3. The number of hydrogen-bond acceptors (Lipinski definition) is 3. The Morgan fingerprint density at radius 3 is 2.49 bits per heavy atom. The van der Waals surface area contributed by atoms with Crippen LogP contribution in [0.3, 0.4) is 0 Å². The Morgan fingerprint density at radius 1 is 1.14 bits per heavy atom. The molecule has 0 spiro atoms. The first-order chi connectivity index (χ1) is 16.8. The summed E-state index contributed by atoms with van der Waals surface area (Å²) in [5, 5.41) is 12.2. The predicted molar refractivity (Wildman–Crippen MR) is 147 cm³/mol. The van der Waals surface area contributed by atoms with Crippen LogP contribution in [-0.4, -0.2) is 34.8 Å². The molecule has 2 aromatic carbocycles. The van der Waals surface area contributed by atoms with Gasteiger partial charge in [0.1, 0.15) is 0 Å². The van der Waals surface area contributed by atoms with Crippen LogP contribution in [0.15, 0.2) is 55.1 Å². The zero-order valence-corrected chi connectivity index (χ0v) is 22.4. The number of amides is 1. The van der Waals surface area contributed by atoms with E-state index in [1.165, 1.54) is 0 Å². The van der Waals surface area contributed by atoms with E-state index in [1.807, 2.05) is 50.3 Å². The molecule has 3 aromatic rings. The lowest BCUT2D eigenvalue weighted by Gasteiger charge is -2.22. The number of carbonyl (C=O) groups is 1. The molecule has 0 fully saturated rings. The van der Waals surface area contributed by atoms with Crippen LogP contribution >= 0.6 is 23.2 Å². The Morgan fingerprint density at radius 2 is 1.86 bits per heavy atom. The number of aryl methyl sites for hydroxylation is 1. The fourth-order valence-corrected chi connectivity index (χ4v) is 4.74. The number of allylic oxidation sites excluding steroid dienone is 1. The number of hydrogen-bond donors (Lipinski definition) is 2. The van der Waals surface area contributed by atoms with Crippen LogP contribution in [-0.2, 0) is 0 Å². The summed E-state index contributed by atoms with van der Waals surface area (Å²) in [7, 11) is 0. The Bertz CT molecular complexity index is 1170. The van der Waals surface area contributed by atoms with Gasteiger partial charge < -0.3 is 10.6 Å². The van der Waals surface area contributed by atoms with Gasteiger partial charge in [0, 0.05) is 35.3 Å². The number of aromatic nitrogens is 2. The molecule has 186 valence electrons. The Labute approximate surface area is 218 Å². The van der Waals surface area contributed by atoms with E-state index in [1.54, 1.807) is 16.8 Å². The highest BCUT2D eigenvalue weighted by Gasteiger charge is 2.23. The van der Waals surface area contributed by atoms with Crippen LogP contribution in [0.2, 0.25) is 10.0 Å². The van der Waals surface area contributed by atoms with Crippen LogP contribution in [0.4, 0.5) is 0 Å². The van der Waals surface area contributed by atoms with Gasteiger partial charge in [-0.1, -0.05) is 72.5 Å². The van der Waals surface area contributed by atoms with Crippen molar-refractivity contribution in [2.45, 2.75) is 46.6 Å². The van der Waals surface area contributed by atoms with Crippen LogP contribution in [0.5, 0.6) is 0 Å². The highest BCUT2D eigenvalue weighted by molar-refractivity contribution is 6.35. The predicted octanol–water partition coefficient (Wildman–Crippen LogP) is 6.77. The second kappa shape index (κ2) is 12.4. The molecule has 0 bridgehead atoms. The first kappa shape index (κ1) is 27.0. The monoisotopic (exact) mass is 512 g/mol. The summed E-state index contributed by atoms with van der Waals surface area (Å²) in [6, 6.07) is 13.7. The first-order valence-corrected chi connectivity index (χ1v) is 12.8. The van der Waals surface area contributed by atoms with E-state index in [2.05, 4.69) is 31.1 Å². The zero-order chi connectivity index (χ0) is 25.5. The van der Waals surface area contributed by atoms with Gasteiger partial charge in [-0.2, -0.15) is 5.10 Å². The summed E-state index contributed by atoms with van der Waals surface area (Å²) >= 11 is 12.6. The number of rotatable bonds is 11. The lowest BCUT2D eigenvalue weighted by Crippen LogP contribution is -2.39. The van der Waals surface area contributed by atoms with Crippen LogP contribution in [0, 0.1) is 19.8 Å². The fourth-order valence-electron chi connectivity index (χ4n) is 4.25. The molecule has 0 saturated carbocycles. The highest BCUT2D eigenvalue weighted by atomic mass is 35.5. The maximum Gasteiger partial charge on any atom is 0.272 e. The molecule has 3 rings (SSSR count). The number of nitrogens with zero attached hydrogens (tertiary/aromatic N) is 2. The van der Waals surface area contributed by atoms with E-state index in [4.69, 9.17) is 28.3 Å². The molecule has 0 radical (unpaired) electrons. The number of carbonyl (C=O) groups excluding carboxylic acids is 1. The summed E-state index contributed by atoms with van der Waals surface area (Å²) in [6.07, 6.45) is 4.02. The third-order valence-corrected chi connectivity index (χ3v) is 6.92. The van der Waals surface area contributed by atoms with Gasteiger partial charge in [0.2, 0.25) is 0 Å². The number of nitrogens with one attached hydrogen (secondary N) is 2. The van der Waals surface area contributed by atoms with Crippen LogP contribution < -0.4 is 10.6 Å². The second-order valence-corrected chi connectivity index (χ2v) is 9.73. The highest BCUT2D eigenvalue weighted by Crippen LogP contribution is 2.32. The summed E-state index contributed by atoms with van der Waals surface area (Å²) in [5.74, 6) is 0.314. The molecule has 0 aliphatic carbocycles. The van der Waals surface area contributed by atoms with E-state index in [-0.39, 0.29) is 5.91 Å². The van der Waals surface area contributed by atoms with E-state index < -0.39 is 0 Å². The molecule has 0 saturated heterocycles. The quantitative estimate of drug-likeness (QED) is 0.220. The van der Waals surface area contributed by atoms with Crippen LogP contribution in [0.25, 0.3) is 16.9 Å². The molecule has 0 aliphatic heterocycles. The minimum atomic E-state index is -0.215. The van der Waals surface area contributed by atoms with Crippen molar-refractivity contribution in [2.24, 2.45) is 5.92 Å². The molecule has 2 unspecified atom stereocenters. The van der Waals surface area contributed by atoms with Crippen molar-refractivity contribution in [3.8, 4) is 16.9 Å². The molecule has 2 atom stereocenters. The SMILES string of the molecule is C=CCC(CC)C(C)NCCNC(=O)c1nn(-c2ccc(Cl)cc2Cl)c(-c2ccc(C)cc2)c1C. The molecule has 5 nitrogen and oxygen atoms in total. The van der Waals surface area contributed by atoms with Gasteiger partial charge in [-0.3, -0.25) is 4.79 Å². The minimum Gasteiger partial charge on any atom is -0.349 e. The van der Waals surface area contributed by atoms with Crippen molar-refractivity contribution >= 4 is 29.1 Å². The zero-order valence-electron chi connectivity index (χ0n) is 20.9. The van der Waals surface area contributed by atoms with Crippen LogP contribution in [0.1, 0.15) is 48.3 Å². The first-order valence-electron chi connectivity index (χ1n) is 12.0. The summed E-state index contributed by atoms with van der Waals surface area (Å²) in [5.41, 5.74) is 4.75. The van der Waals surface area contributed by atoms with Gasteiger partial charge in [-0.05, 0) is 51.3 Å². The molecule has 7 heteroatoms. The summed E-state index contributed by atoms with van der Waals surface area (Å²) in [4.78, 5) is 13.1. The van der Waals surface area contributed by atoms with Gasteiger partial charge >= 0.3 is 0 Å². The third-order valence-electron chi connectivity index (χ3n) is 6.38. The van der Waals surface area contributed by atoms with Crippen molar-refractivity contribution < 1.29 is 4.79 Å². The molecule has 1 amide bonds. The van der Waals surface area contributed by atoms with Gasteiger partial charge in [0.15, 0.2) is 5.69 Å². The van der Waals surface area contributed by atoms with E-state index in [0.29, 0.717) is 46.5 Å². The van der Waals surface area contributed by atoms with E-state index >= 15 is 0 Å². The smallest absolute Gasteiger partial charge is 0.272 e. The van der Waals surface area contributed by atoms with Crippen molar-refractivity contribution in [1.82, 2.24) is 20.4 Å². The Hall–Kier alpha value is -2.60. The average Bonchev–Trinajstić information content (AvgIpc) is 3.17. The van der Waals surface area contributed by atoms with Gasteiger partial charge in [0.25, 0.3) is 5.91 Å². The van der Waals surface area contributed by atoms with Gasteiger partial charge in [0.05, 0.1) is 16.4 Å². The maximum atomic E-state index is 13.1. The molecule has 35 heavy (non-hydrogen) atoms. The number of halogens is 2. The van der Waals surface area contributed by atoms with Crippen molar-refractivity contribution in [2.75, 3.05) is 13.1 Å². The lowest BCUT2D eigenvalue weighted by molar-refractivity contribution is 0.0947. The molecule has 2 N–H and O–H groups in total. The largest absolute Gasteiger partial charge is 0.349 e. The van der Waals surface area contributed by atoms with E-state index in [9.17, 15) is 4.79 Å². The minimum absolute atomic E-state index is 0.215. The number of benzene rings is 2. The lowest BCUT2D eigenvalue weighted by atomic mass is 9.95. The molecule has 1 aromatic heterocycles. The standard InChI is InChI=1S/C28H34Cl2N4O/c1-6-8-21(7-2)20(5)31-15-16-32-28(35)26-19(4)27(22-11-9-18(3)10-12-22)34(33-26)25-14-13-23(29)17-24(25)30/h6,9-14,17,20-21,31H,1,7-8,15-16H2,2-5H3,(H,32,35). The summed E-state index contributed by atoms with van der Waals surface area (Å²) < 4.78 is 1.73. The van der Waals surface area contributed by atoms with Crippen molar-refractivity contribution in [3.05, 3.63) is 82.0 Å². The van der Waals surface area contributed by atoms with Crippen molar-refractivity contribution in [1.29, 1.82) is 0 Å². The Kier molecular flexibility index (Phi) is 9.55. The van der Waals surface area contributed by atoms with E-state index in [0.717, 1.165) is 35.2 Å². The van der Waals surface area contributed by atoms with Gasteiger partial charge in [-0.15, -0.1) is 6.58 Å². The average molecular weight is 514 g/mol. The molecule has 1 heterocycles. The molecule has 0 aliphatic rings. The fraction of sp³-hybridized carbons (Fsp3) is 0.357. The van der Waals surface area contributed by atoms with Gasteiger partial charge in [-0.25, -0.2) is 4.68 Å². The normalized spacial score (nSPS) is 12.9. The maximum absolute atomic E-state index is 13.1. The molecular formula is C28H34Cl2N4O. The second-order valence-electron chi connectivity index (χ2n) is 8.89. The van der Waals surface area contributed by atoms with Crippen molar-refractivity contribution in [3.63, 3.8) is 0 Å². The topological polar surface area (TPSA) is 58.9 Å². The third kappa shape index (κ3) is 6.54. The Balaban J connectivity index is 1.84. The molecular weight excluding hydrogens is 479 g/mol.